The largest absolute Gasteiger partial charge is 0.497 e. The predicted octanol–water partition coefficient (Wildman–Crippen LogP) is 4.56. The van der Waals surface area contributed by atoms with Crippen molar-refractivity contribution in [3.63, 3.8) is 0 Å². The molecule has 6 rings (SSSR count). The van der Waals surface area contributed by atoms with Crippen LogP contribution < -0.4 is 24.7 Å². The van der Waals surface area contributed by atoms with Crippen molar-refractivity contribution in [3.8, 4) is 5.75 Å². The number of hydrogen-bond donors (Lipinski definition) is 1. The number of rotatable bonds is 7. The maximum Gasteiger partial charge on any atom is 0.308 e. The van der Waals surface area contributed by atoms with E-state index >= 15 is 0 Å². The van der Waals surface area contributed by atoms with Crippen LogP contribution in [0, 0.1) is 11.7 Å². The second-order valence-electron chi connectivity index (χ2n) is 10.4. The molecule has 0 aliphatic carbocycles. The molecule has 1 saturated heterocycles. The molecule has 1 N–H and O–H groups in total. The van der Waals surface area contributed by atoms with Crippen molar-refractivity contribution in [3.05, 3.63) is 98.7 Å². The number of fused-ring (bicyclic) bond motifs is 2. The number of methoxy groups -OCH3 is 1. The fourth-order valence-electron chi connectivity index (χ4n) is 5.46. The summed E-state index contributed by atoms with van der Waals surface area (Å²) in [4.78, 5) is 57.5. The zero-order valence-electron chi connectivity index (χ0n) is 23.4. The Morgan fingerprint density at radius 3 is 2.26 bits per heavy atom. The van der Waals surface area contributed by atoms with E-state index < -0.39 is 40.6 Å². The summed E-state index contributed by atoms with van der Waals surface area (Å²) in [6.45, 7) is -0.267. The molecule has 220 valence electrons. The molecule has 1 aromatic heterocycles. The van der Waals surface area contributed by atoms with Crippen molar-refractivity contribution in [2.24, 2.45) is 5.92 Å². The first-order chi connectivity index (χ1) is 20.7. The van der Waals surface area contributed by atoms with E-state index in [9.17, 15) is 23.6 Å². The number of benzene rings is 3. The van der Waals surface area contributed by atoms with Gasteiger partial charge in [-0.3, -0.25) is 23.7 Å². The number of thioether (sulfide) groups is 1. The van der Waals surface area contributed by atoms with Crippen LogP contribution in [0.25, 0.3) is 0 Å². The predicted molar refractivity (Wildman–Crippen MR) is 165 cm³/mol. The van der Waals surface area contributed by atoms with Crippen LogP contribution in [0.4, 0.5) is 21.5 Å². The number of nitrogens with zero attached hydrogens (tertiary/aromatic N) is 3. The second kappa shape index (κ2) is 11.3. The van der Waals surface area contributed by atoms with Gasteiger partial charge in [0.1, 0.15) is 23.4 Å². The van der Waals surface area contributed by atoms with Crippen molar-refractivity contribution < 1.29 is 23.5 Å². The highest BCUT2D eigenvalue weighted by atomic mass is 32.2. The molecular weight excluding hydrogens is 591 g/mol. The lowest BCUT2D eigenvalue weighted by Crippen LogP contribution is -2.33. The fraction of sp³-hybridized carbons (Fsp3) is 0.226. The number of amides is 3. The summed E-state index contributed by atoms with van der Waals surface area (Å²) >= 11 is 2.11. The highest BCUT2D eigenvalue weighted by molar-refractivity contribution is 8.00. The Balaban J connectivity index is 1.39. The SMILES string of the molecule is COc1ccc(NC(=O)Cn2c3c(sc2=O)[C@@H](c2ccc(N(C)C)cc2)[C@@H]2C(=O)N(c4ccc(F)cc4)C(=O)[C@@H]2S3)cc1. The molecule has 12 heteroatoms. The first-order valence-corrected chi connectivity index (χ1v) is 15.1. The van der Waals surface area contributed by atoms with Gasteiger partial charge >= 0.3 is 4.87 Å². The van der Waals surface area contributed by atoms with E-state index in [0.717, 1.165) is 39.2 Å². The molecule has 0 bridgehead atoms. The Morgan fingerprint density at radius 2 is 1.63 bits per heavy atom. The summed E-state index contributed by atoms with van der Waals surface area (Å²) in [6.07, 6.45) is 0. The first kappa shape index (κ1) is 28.7. The van der Waals surface area contributed by atoms with Crippen LogP contribution in [-0.4, -0.2) is 48.7 Å². The molecule has 2 aliphatic heterocycles. The number of hydrogen-bond acceptors (Lipinski definition) is 8. The molecule has 0 unspecified atom stereocenters. The number of imide groups is 1. The van der Waals surface area contributed by atoms with Gasteiger partial charge in [0, 0.05) is 36.3 Å². The van der Waals surface area contributed by atoms with E-state index in [-0.39, 0.29) is 17.1 Å². The minimum Gasteiger partial charge on any atom is -0.497 e. The Labute approximate surface area is 254 Å². The molecule has 3 atom stereocenters. The quantitative estimate of drug-likeness (QED) is 0.303. The first-order valence-electron chi connectivity index (χ1n) is 13.4. The van der Waals surface area contributed by atoms with Crippen LogP contribution >= 0.6 is 23.1 Å². The summed E-state index contributed by atoms with van der Waals surface area (Å²) in [5.41, 5.74) is 2.56. The smallest absolute Gasteiger partial charge is 0.308 e. The van der Waals surface area contributed by atoms with Gasteiger partial charge in [-0.05, 0) is 66.2 Å². The lowest BCUT2D eigenvalue weighted by atomic mass is 9.83. The van der Waals surface area contributed by atoms with E-state index in [2.05, 4.69) is 5.32 Å². The van der Waals surface area contributed by atoms with E-state index in [1.807, 2.05) is 43.3 Å². The standard InChI is InChI=1S/C31H27FN4O5S2/c1-34(2)20-10-4-17(5-11-20)24-25-26(29(39)36(28(25)38)21-12-6-18(32)7-13-21)42-30-27(24)43-31(40)35(30)16-23(37)33-19-8-14-22(41-3)15-9-19/h4-15,24-26H,16H2,1-3H3,(H,33,37)/t24-,25-,26+/m0/s1. The van der Waals surface area contributed by atoms with Crippen LogP contribution in [-0.2, 0) is 20.9 Å². The molecule has 43 heavy (non-hydrogen) atoms. The monoisotopic (exact) mass is 618 g/mol. The number of halogens is 1. The Hall–Kier alpha value is -4.42. The maximum atomic E-state index is 14.0. The second-order valence-corrected chi connectivity index (χ2v) is 12.5. The average molecular weight is 619 g/mol. The van der Waals surface area contributed by atoms with E-state index in [0.29, 0.717) is 21.3 Å². The number of ether oxygens (including phenoxy) is 1. The highest BCUT2D eigenvalue weighted by Gasteiger charge is 2.56. The van der Waals surface area contributed by atoms with Crippen LogP contribution in [0.1, 0.15) is 16.4 Å². The topological polar surface area (TPSA) is 101 Å². The van der Waals surface area contributed by atoms with Gasteiger partial charge in [0.2, 0.25) is 17.7 Å². The third-order valence-corrected chi connectivity index (χ3v) is 10.2. The average Bonchev–Trinajstić information content (AvgIpc) is 3.44. The summed E-state index contributed by atoms with van der Waals surface area (Å²) in [7, 11) is 5.39. The van der Waals surface area contributed by atoms with Crippen molar-refractivity contribution in [2.45, 2.75) is 22.7 Å². The normalized spacial score (nSPS) is 19.2. The number of carbonyl (C=O) groups is 3. The molecule has 3 aromatic carbocycles. The van der Waals surface area contributed by atoms with Crippen LogP contribution in [0.2, 0.25) is 0 Å². The van der Waals surface area contributed by atoms with Gasteiger partial charge in [-0.15, -0.1) is 0 Å². The van der Waals surface area contributed by atoms with Crippen molar-refractivity contribution in [2.75, 3.05) is 36.3 Å². The summed E-state index contributed by atoms with van der Waals surface area (Å²) in [5.74, 6) is -2.49. The highest BCUT2D eigenvalue weighted by Crippen LogP contribution is 2.54. The van der Waals surface area contributed by atoms with Crippen molar-refractivity contribution in [1.29, 1.82) is 0 Å². The molecule has 0 radical (unpaired) electrons. The van der Waals surface area contributed by atoms with Crippen molar-refractivity contribution in [1.82, 2.24) is 4.57 Å². The van der Waals surface area contributed by atoms with Crippen LogP contribution in [0.5, 0.6) is 5.75 Å². The Kier molecular flexibility index (Phi) is 7.57. The molecular formula is C31H27FN4O5S2. The summed E-state index contributed by atoms with van der Waals surface area (Å²) in [6, 6.07) is 19.7. The molecule has 4 aromatic rings. The number of aromatic nitrogens is 1. The minimum atomic E-state index is -0.839. The fourth-order valence-corrected chi connectivity index (χ4v) is 8.23. The van der Waals surface area contributed by atoms with E-state index in [4.69, 9.17) is 4.74 Å². The zero-order chi connectivity index (χ0) is 30.4. The van der Waals surface area contributed by atoms with Gasteiger partial charge in [-0.1, -0.05) is 35.2 Å². The molecule has 9 nitrogen and oxygen atoms in total. The maximum absolute atomic E-state index is 14.0. The molecule has 2 aliphatic rings. The van der Waals surface area contributed by atoms with Crippen molar-refractivity contribution >= 4 is 57.9 Å². The molecule has 1 fully saturated rings. The number of nitrogens with one attached hydrogen (secondary N) is 1. The number of carbonyl (C=O) groups excluding carboxylic acids is 3. The summed E-state index contributed by atoms with van der Waals surface area (Å²) < 4.78 is 20.2. The van der Waals surface area contributed by atoms with E-state index in [1.54, 1.807) is 31.4 Å². The van der Waals surface area contributed by atoms with Gasteiger partial charge in [0.15, 0.2) is 0 Å². The Morgan fingerprint density at radius 1 is 0.953 bits per heavy atom. The molecule has 0 saturated carbocycles. The molecule has 3 amide bonds. The van der Waals surface area contributed by atoms with Crippen LogP contribution in [0.15, 0.2) is 82.6 Å². The van der Waals surface area contributed by atoms with E-state index in [1.165, 1.54) is 28.8 Å². The van der Waals surface area contributed by atoms with Gasteiger partial charge in [0.25, 0.3) is 0 Å². The van der Waals surface area contributed by atoms with Gasteiger partial charge < -0.3 is 15.0 Å². The van der Waals surface area contributed by atoms with Gasteiger partial charge in [-0.2, -0.15) is 0 Å². The van der Waals surface area contributed by atoms with Gasteiger partial charge in [-0.25, -0.2) is 9.29 Å². The number of thiazole rings is 1. The van der Waals surface area contributed by atoms with Gasteiger partial charge in [0.05, 0.1) is 23.7 Å². The summed E-state index contributed by atoms with van der Waals surface area (Å²) in [5, 5.41) is 2.45. The number of anilines is 3. The molecule has 3 heterocycles. The van der Waals surface area contributed by atoms with Crippen LogP contribution in [0.3, 0.4) is 0 Å². The lowest BCUT2D eigenvalue weighted by molar-refractivity contribution is -0.122. The molecule has 0 spiro atoms. The minimum absolute atomic E-state index is 0.267. The third-order valence-electron chi connectivity index (χ3n) is 7.58. The third kappa shape index (κ3) is 5.21. The zero-order valence-corrected chi connectivity index (χ0v) is 25.1. The Bertz CT molecular complexity index is 1770. The lowest BCUT2D eigenvalue weighted by Gasteiger charge is -2.31.